The average Bonchev–Trinajstić information content (AvgIpc) is 3.25. The summed E-state index contributed by atoms with van der Waals surface area (Å²) < 4.78 is 1.75. The van der Waals surface area contributed by atoms with Crippen molar-refractivity contribution in [3.05, 3.63) is 71.7 Å². The van der Waals surface area contributed by atoms with E-state index >= 15 is 0 Å². The van der Waals surface area contributed by atoms with E-state index in [0.29, 0.717) is 23.4 Å². The Morgan fingerprint density at radius 1 is 1.38 bits per heavy atom. The van der Waals surface area contributed by atoms with Gasteiger partial charge in [0.25, 0.3) is 0 Å². The van der Waals surface area contributed by atoms with E-state index in [9.17, 15) is 0 Å². The third kappa shape index (κ3) is 2.88. The van der Waals surface area contributed by atoms with Gasteiger partial charge in [0.05, 0.1) is 24.7 Å². The lowest BCUT2D eigenvalue weighted by Gasteiger charge is -2.14. The normalized spacial score (nSPS) is 16.4. The van der Waals surface area contributed by atoms with E-state index in [0.717, 1.165) is 11.1 Å². The Kier molecular flexibility index (Phi) is 4.34. The third-order valence-corrected chi connectivity index (χ3v) is 3.87. The second kappa shape index (κ2) is 6.75. The number of aromatic nitrogens is 2. The van der Waals surface area contributed by atoms with Crippen molar-refractivity contribution in [1.82, 2.24) is 9.78 Å². The largest absolute Gasteiger partial charge is 0.383 e. The second-order valence-electron chi connectivity index (χ2n) is 5.30. The highest BCUT2D eigenvalue weighted by Gasteiger charge is 2.17. The Morgan fingerprint density at radius 2 is 2.17 bits per heavy atom. The second-order valence-corrected chi connectivity index (χ2v) is 5.30. The number of nitrogens with zero attached hydrogens (tertiary/aromatic N) is 4. The molecule has 6 nitrogen and oxygen atoms in total. The Balaban J connectivity index is 2.00. The van der Waals surface area contributed by atoms with E-state index in [-0.39, 0.29) is 6.04 Å². The number of nitrogens with one attached hydrogen (secondary N) is 1. The van der Waals surface area contributed by atoms with E-state index in [1.165, 1.54) is 6.21 Å². The molecule has 1 aliphatic rings. The quantitative estimate of drug-likeness (QED) is 0.828. The number of allylic oxidation sites excluding steroid dienone is 1. The molecule has 2 aromatic rings. The molecule has 24 heavy (non-hydrogen) atoms. The van der Waals surface area contributed by atoms with Crippen LogP contribution in [0.2, 0.25) is 0 Å². The van der Waals surface area contributed by atoms with Crippen LogP contribution in [0.5, 0.6) is 0 Å². The van der Waals surface area contributed by atoms with Crippen LogP contribution in [0.15, 0.2) is 65.6 Å². The first-order chi connectivity index (χ1) is 11.7. The van der Waals surface area contributed by atoms with E-state index in [4.69, 9.17) is 16.4 Å². The van der Waals surface area contributed by atoms with Crippen molar-refractivity contribution >= 4 is 17.6 Å². The van der Waals surface area contributed by atoms with Gasteiger partial charge in [-0.3, -0.25) is 4.68 Å². The number of hydrogen-bond donors (Lipinski definition) is 2. The first-order valence-corrected chi connectivity index (χ1v) is 7.46. The highest BCUT2D eigenvalue weighted by Crippen LogP contribution is 2.25. The van der Waals surface area contributed by atoms with Crippen LogP contribution in [-0.2, 0) is 0 Å². The monoisotopic (exact) mass is 316 g/mol. The van der Waals surface area contributed by atoms with Crippen molar-refractivity contribution in [3.8, 4) is 6.07 Å². The molecular formula is C18H16N6. The fourth-order valence-corrected chi connectivity index (χ4v) is 2.66. The zero-order valence-electron chi connectivity index (χ0n) is 12.9. The van der Waals surface area contributed by atoms with Crippen LogP contribution in [0.3, 0.4) is 0 Å². The molecule has 0 spiro atoms. The molecule has 1 aromatic carbocycles. The van der Waals surface area contributed by atoms with Gasteiger partial charge >= 0.3 is 0 Å². The van der Waals surface area contributed by atoms with E-state index in [1.807, 2.05) is 36.5 Å². The number of rotatable bonds is 5. The Labute approximate surface area is 139 Å². The van der Waals surface area contributed by atoms with Crippen LogP contribution < -0.4 is 5.73 Å². The summed E-state index contributed by atoms with van der Waals surface area (Å²) in [6, 6.07) is 11.8. The van der Waals surface area contributed by atoms with Crippen LogP contribution in [0.4, 0.5) is 0 Å². The van der Waals surface area contributed by atoms with Crippen molar-refractivity contribution in [2.45, 2.75) is 12.5 Å². The standard InChI is InChI=1S/C18H16N6/c19-8-6-17(13-4-2-1-3-5-13)24-12-14(11-23-24)16(10-20)15-7-9-22-18(15)21/h1-5,7,9-12,17,20H,6H2,(H2,21,22)/b16-15+,20-10?. The Morgan fingerprint density at radius 3 is 2.79 bits per heavy atom. The molecular weight excluding hydrogens is 300 g/mol. The molecule has 1 atom stereocenters. The van der Waals surface area contributed by atoms with Gasteiger partial charge in [-0.25, -0.2) is 4.99 Å². The summed E-state index contributed by atoms with van der Waals surface area (Å²) in [5.74, 6) is 0.387. The predicted octanol–water partition coefficient (Wildman–Crippen LogP) is 2.67. The lowest BCUT2D eigenvalue weighted by molar-refractivity contribution is 0.532. The van der Waals surface area contributed by atoms with E-state index in [2.05, 4.69) is 16.2 Å². The van der Waals surface area contributed by atoms with Gasteiger partial charge in [0.1, 0.15) is 5.84 Å². The Hall–Kier alpha value is -3.46. The minimum absolute atomic E-state index is 0.174. The molecule has 1 unspecified atom stereocenters. The van der Waals surface area contributed by atoms with Gasteiger partial charge in [0, 0.05) is 35.3 Å². The molecule has 3 N–H and O–H groups in total. The average molecular weight is 316 g/mol. The maximum absolute atomic E-state index is 9.15. The number of benzene rings is 1. The van der Waals surface area contributed by atoms with Crippen LogP contribution in [0.25, 0.3) is 5.57 Å². The minimum atomic E-state index is -0.174. The van der Waals surface area contributed by atoms with Gasteiger partial charge < -0.3 is 11.1 Å². The number of amidine groups is 1. The van der Waals surface area contributed by atoms with Gasteiger partial charge in [-0.1, -0.05) is 30.3 Å². The molecule has 6 heteroatoms. The molecule has 0 aliphatic carbocycles. The fraction of sp³-hybridized carbons (Fsp3) is 0.111. The van der Waals surface area contributed by atoms with Gasteiger partial charge in [0.15, 0.2) is 0 Å². The lowest BCUT2D eigenvalue weighted by Crippen LogP contribution is -2.13. The van der Waals surface area contributed by atoms with Gasteiger partial charge in [-0.05, 0) is 11.6 Å². The predicted molar refractivity (Wildman–Crippen MR) is 93.5 cm³/mol. The molecule has 0 bridgehead atoms. The molecule has 1 aromatic heterocycles. The highest BCUT2D eigenvalue weighted by molar-refractivity contribution is 6.21. The van der Waals surface area contributed by atoms with Crippen molar-refractivity contribution in [2.24, 2.45) is 10.7 Å². The fourth-order valence-electron chi connectivity index (χ4n) is 2.66. The van der Waals surface area contributed by atoms with Crippen molar-refractivity contribution in [2.75, 3.05) is 0 Å². The summed E-state index contributed by atoms with van der Waals surface area (Å²) in [4.78, 5) is 4.01. The smallest absolute Gasteiger partial charge is 0.131 e. The maximum Gasteiger partial charge on any atom is 0.131 e. The summed E-state index contributed by atoms with van der Waals surface area (Å²) in [6.07, 6.45) is 8.46. The van der Waals surface area contributed by atoms with Crippen molar-refractivity contribution in [1.29, 1.82) is 10.7 Å². The zero-order chi connectivity index (χ0) is 16.9. The molecule has 0 saturated heterocycles. The van der Waals surface area contributed by atoms with Crippen LogP contribution in [0, 0.1) is 16.7 Å². The topological polar surface area (TPSA) is 104 Å². The molecule has 0 amide bonds. The summed E-state index contributed by atoms with van der Waals surface area (Å²) in [5, 5.41) is 21.2. The first kappa shape index (κ1) is 15.4. The lowest BCUT2D eigenvalue weighted by atomic mass is 10.0. The van der Waals surface area contributed by atoms with Crippen LogP contribution in [-0.4, -0.2) is 21.8 Å². The number of nitriles is 1. The summed E-state index contributed by atoms with van der Waals surface area (Å²) in [6.45, 7) is 0. The molecule has 2 heterocycles. The SMILES string of the molecule is N#CCC(c1ccccc1)n1cc(/C(C=N)=C2\C=CN=C2N)cn1. The van der Waals surface area contributed by atoms with E-state index in [1.54, 1.807) is 23.2 Å². The van der Waals surface area contributed by atoms with Gasteiger partial charge in [-0.2, -0.15) is 10.4 Å². The third-order valence-electron chi connectivity index (χ3n) is 3.87. The highest BCUT2D eigenvalue weighted by atomic mass is 15.3. The molecule has 3 rings (SSSR count). The maximum atomic E-state index is 9.15. The molecule has 118 valence electrons. The molecule has 1 aliphatic heterocycles. The first-order valence-electron chi connectivity index (χ1n) is 7.46. The van der Waals surface area contributed by atoms with Crippen LogP contribution in [0.1, 0.15) is 23.6 Å². The summed E-state index contributed by atoms with van der Waals surface area (Å²) in [5.41, 5.74) is 9.00. The number of aliphatic imine (C=N–C) groups is 1. The van der Waals surface area contributed by atoms with Crippen molar-refractivity contribution in [3.63, 3.8) is 0 Å². The molecule has 0 saturated carbocycles. The van der Waals surface area contributed by atoms with Crippen LogP contribution >= 0.6 is 0 Å². The van der Waals surface area contributed by atoms with Crippen molar-refractivity contribution < 1.29 is 0 Å². The summed E-state index contributed by atoms with van der Waals surface area (Å²) in [7, 11) is 0. The summed E-state index contributed by atoms with van der Waals surface area (Å²) >= 11 is 0. The minimum Gasteiger partial charge on any atom is -0.383 e. The van der Waals surface area contributed by atoms with E-state index < -0.39 is 0 Å². The molecule has 0 fully saturated rings. The number of nitrogens with two attached hydrogens (primary N) is 1. The Bertz CT molecular complexity index is 880. The number of hydrogen-bond acceptors (Lipinski definition) is 5. The zero-order valence-corrected chi connectivity index (χ0v) is 12.9. The van der Waals surface area contributed by atoms with Gasteiger partial charge in [0.2, 0.25) is 0 Å². The van der Waals surface area contributed by atoms with Gasteiger partial charge in [-0.15, -0.1) is 0 Å². The molecule has 0 radical (unpaired) electrons.